The van der Waals surface area contributed by atoms with E-state index in [0.29, 0.717) is 0 Å². The summed E-state index contributed by atoms with van der Waals surface area (Å²) in [6.07, 6.45) is 4.30. The Morgan fingerprint density at radius 2 is 0.562 bits per heavy atom. The van der Waals surface area contributed by atoms with Gasteiger partial charge in [-0.15, -0.1) is 0 Å². The van der Waals surface area contributed by atoms with Crippen molar-refractivity contribution in [3.63, 3.8) is 0 Å². The molecule has 1 aliphatic rings. The van der Waals surface area contributed by atoms with Gasteiger partial charge in [-0.05, 0) is 157 Å². The molecule has 17 aromatic rings. The summed E-state index contributed by atoms with van der Waals surface area (Å²) in [4.78, 5) is 12.1. The van der Waals surface area contributed by atoms with E-state index in [1.807, 2.05) is 0 Å². The van der Waals surface area contributed by atoms with Crippen LogP contribution >= 0.6 is 0 Å². The normalized spacial score (nSPS) is 12.1. The highest BCUT2D eigenvalue weighted by Crippen LogP contribution is 2.46. The Balaban J connectivity index is 0.851. The minimum Gasteiger partial charge on any atom is -0.313 e. The average molecular weight is 1220 g/mol. The van der Waals surface area contributed by atoms with Crippen molar-refractivity contribution in [3.8, 4) is 112 Å². The summed E-state index contributed by atoms with van der Waals surface area (Å²) in [5.74, 6) is 0. The quantitative estimate of drug-likeness (QED) is 0.122. The highest BCUT2D eigenvalue weighted by Gasteiger charge is 2.26. The van der Waals surface area contributed by atoms with Crippen molar-refractivity contribution in [1.29, 1.82) is 0 Å². The maximum absolute atomic E-state index is 6.05. The first-order valence-corrected chi connectivity index (χ1v) is 33.2. The van der Waals surface area contributed by atoms with Gasteiger partial charge in [0.05, 0.1) is 39.0 Å². The van der Waals surface area contributed by atoms with E-state index in [1.165, 1.54) is 77.5 Å². The summed E-state index contributed by atoms with van der Waals surface area (Å²) in [5, 5.41) is 3.65. The number of nitrogens with zero attached hydrogens (tertiary/aromatic N) is 4. The number of benzene rings is 14. The third-order valence-corrected chi connectivity index (χ3v) is 19.5. The van der Waals surface area contributed by atoms with E-state index in [4.69, 9.17) is 9.97 Å². The lowest BCUT2D eigenvalue weighted by Crippen LogP contribution is -2.05. The van der Waals surface area contributed by atoms with Gasteiger partial charge in [-0.3, -0.25) is 0 Å². The van der Waals surface area contributed by atoms with Gasteiger partial charge in [0.25, 0.3) is 0 Å². The number of rotatable bonds is 12. The largest absolute Gasteiger partial charge is 0.313 e. The Morgan fingerprint density at radius 1 is 0.229 bits per heavy atom. The average Bonchev–Trinajstić information content (AvgIpc) is 1.37. The van der Waals surface area contributed by atoms with Crippen molar-refractivity contribution in [3.05, 3.63) is 363 Å². The molecule has 1 aliphatic carbocycles. The van der Waals surface area contributed by atoms with Crippen molar-refractivity contribution in [2.24, 2.45) is 0 Å². The van der Waals surface area contributed by atoms with Crippen LogP contribution in [-0.4, -0.2) is 19.1 Å². The Hall–Kier alpha value is -12.5. The number of allylic oxidation sites excluding steroid dienone is 1. The van der Waals surface area contributed by atoms with Crippen molar-refractivity contribution in [2.75, 3.05) is 0 Å². The molecule has 4 nitrogen and oxygen atoms in total. The number of hydrogen-bond donors (Lipinski definition) is 0. The van der Waals surface area contributed by atoms with Crippen LogP contribution in [0.25, 0.3) is 167 Å². The summed E-state index contributed by atoms with van der Waals surface area (Å²) in [5.41, 5.74) is 31.9. The maximum atomic E-state index is 6.05. The van der Waals surface area contributed by atoms with Gasteiger partial charge in [-0.2, -0.15) is 0 Å². The third-order valence-electron chi connectivity index (χ3n) is 19.5. The molecule has 0 atom stereocenters. The maximum Gasteiger partial charge on any atom is 0.0979 e. The van der Waals surface area contributed by atoms with Gasteiger partial charge in [0, 0.05) is 61.0 Å². The number of aromatic nitrogens is 4. The lowest BCUT2D eigenvalue weighted by atomic mass is 9.89. The van der Waals surface area contributed by atoms with E-state index < -0.39 is 0 Å². The molecule has 0 fully saturated rings. The zero-order valence-electron chi connectivity index (χ0n) is 52.7. The van der Waals surface area contributed by atoms with Crippen LogP contribution < -0.4 is 0 Å². The molecular weight excluding hydrogens is 1160 g/mol. The van der Waals surface area contributed by atoms with Gasteiger partial charge in [-0.25, -0.2) is 9.97 Å². The second-order valence-corrected chi connectivity index (χ2v) is 25.1. The Morgan fingerprint density at radius 3 is 0.979 bits per heavy atom. The second-order valence-electron chi connectivity index (χ2n) is 25.1. The van der Waals surface area contributed by atoms with Crippen LogP contribution in [0.5, 0.6) is 0 Å². The zero-order valence-corrected chi connectivity index (χ0v) is 52.7. The van der Waals surface area contributed by atoms with Gasteiger partial charge in [-0.1, -0.05) is 285 Å². The first-order chi connectivity index (χ1) is 47.6. The Bertz CT molecular complexity index is 5720. The van der Waals surface area contributed by atoms with Gasteiger partial charge < -0.3 is 9.13 Å². The molecule has 0 spiro atoms. The standard InChI is InChI=1S/C92H62N4/c1-7-23-61(24-8-1)69-43-53-85-81(57-69)82-58-70(62-25-9-2-10-26-62)44-54-86(82)95(85)73-47-39-67(40-48-73)89-90(68-41-49-74(50-42-68)96-87-55-45-71(63-27-11-3-12-28-63)59-83(87)84-60-72(46-56-88(84)96)64-29-13-4-14-30-64)94-92-80(78-38-22-20-36-76(78)66-33-17-6-18-34-66)52-51-79(91(92)93-89)77-37-21-19-35-75(77)65-31-15-5-16-32-65/h1-45,47-55,57-60H,46,56H2. The van der Waals surface area contributed by atoms with Crippen LogP contribution in [0.3, 0.4) is 0 Å². The molecule has 0 N–H and O–H groups in total. The van der Waals surface area contributed by atoms with Crippen LogP contribution in [0.15, 0.2) is 346 Å². The predicted octanol–water partition coefficient (Wildman–Crippen LogP) is 24.2. The first-order valence-electron chi connectivity index (χ1n) is 33.2. The van der Waals surface area contributed by atoms with Crippen molar-refractivity contribution in [2.45, 2.75) is 12.8 Å². The van der Waals surface area contributed by atoms with Crippen LogP contribution in [0.2, 0.25) is 0 Å². The molecule has 0 bridgehead atoms. The highest BCUT2D eigenvalue weighted by atomic mass is 15.0. The van der Waals surface area contributed by atoms with E-state index in [9.17, 15) is 0 Å². The van der Waals surface area contributed by atoms with E-state index in [0.717, 1.165) is 113 Å². The molecule has 96 heavy (non-hydrogen) atoms. The van der Waals surface area contributed by atoms with E-state index >= 15 is 0 Å². The van der Waals surface area contributed by atoms with Crippen LogP contribution in [0.1, 0.15) is 23.2 Å². The SMILES string of the molecule is C1=C(c2ccccc2)CCc2c1c1cc(-c3ccccc3)ccc1n2-c1ccc(-c2nc3c(-c4ccccc4-c4ccccc4)ccc(-c4ccccc4-c4ccccc4)c3nc2-c2ccc(-n3c4ccc(-c5ccccc5)cc4c4cc(-c5ccccc5)ccc43)cc2)cc1. The Kier molecular flexibility index (Phi) is 14.0. The smallest absolute Gasteiger partial charge is 0.0979 e. The summed E-state index contributed by atoms with van der Waals surface area (Å²) in [6, 6.07) is 125. The second kappa shape index (κ2) is 23.9. The molecule has 0 aliphatic heterocycles. The zero-order chi connectivity index (χ0) is 63.5. The van der Waals surface area contributed by atoms with Gasteiger partial charge in [0.15, 0.2) is 0 Å². The molecule has 0 radical (unpaired) electrons. The topological polar surface area (TPSA) is 35.6 Å². The minimum absolute atomic E-state index is 0.798. The van der Waals surface area contributed by atoms with Gasteiger partial charge in [0.1, 0.15) is 0 Å². The monoisotopic (exact) mass is 1220 g/mol. The third kappa shape index (κ3) is 9.94. The van der Waals surface area contributed by atoms with Crippen LogP contribution in [0.4, 0.5) is 0 Å². The molecule has 0 saturated heterocycles. The fourth-order valence-electron chi connectivity index (χ4n) is 14.9. The predicted molar refractivity (Wildman–Crippen MR) is 402 cm³/mol. The Labute approximate surface area is 558 Å². The highest BCUT2D eigenvalue weighted by molar-refractivity contribution is 6.12. The molecule has 0 unspecified atom stereocenters. The fraction of sp³-hybridized carbons (Fsp3) is 0.0217. The van der Waals surface area contributed by atoms with Gasteiger partial charge >= 0.3 is 0 Å². The van der Waals surface area contributed by atoms with Gasteiger partial charge in [0.2, 0.25) is 0 Å². The first kappa shape index (κ1) is 56.3. The molecule has 3 heterocycles. The summed E-state index contributed by atoms with van der Waals surface area (Å²) in [7, 11) is 0. The van der Waals surface area contributed by atoms with Crippen LogP contribution in [0, 0.1) is 0 Å². The van der Waals surface area contributed by atoms with E-state index in [2.05, 4.69) is 361 Å². The van der Waals surface area contributed by atoms with Crippen molar-refractivity contribution in [1.82, 2.24) is 19.1 Å². The molecule has 14 aromatic carbocycles. The fourth-order valence-corrected chi connectivity index (χ4v) is 14.9. The molecule has 18 rings (SSSR count). The summed E-state index contributed by atoms with van der Waals surface area (Å²) < 4.78 is 4.92. The molecular formula is C92H62N4. The number of fused-ring (bicyclic) bond motifs is 7. The van der Waals surface area contributed by atoms with Crippen molar-refractivity contribution < 1.29 is 0 Å². The molecule has 450 valence electrons. The van der Waals surface area contributed by atoms with E-state index in [-0.39, 0.29) is 0 Å². The number of hydrogen-bond acceptors (Lipinski definition) is 2. The molecule has 0 amide bonds. The summed E-state index contributed by atoms with van der Waals surface area (Å²) >= 11 is 0. The minimum atomic E-state index is 0.798. The lowest BCUT2D eigenvalue weighted by molar-refractivity contribution is 0.898. The van der Waals surface area contributed by atoms with E-state index in [1.54, 1.807) is 0 Å². The summed E-state index contributed by atoms with van der Waals surface area (Å²) in [6.45, 7) is 0. The van der Waals surface area contributed by atoms with Crippen molar-refractivity contribution >= 4 is 55.4 Å². The lowest BCUT2D eigenvalue weighted by Gasteiger charge is -2.19. The molecule has 4 heteroatoms. The molecule has 3 aromatic heterocycles. The van der Waals surface area contributed by atoms with Crippen LogP contribution in [-0.2, 0) is 6.42 Å². The molecule has 0 saturated carbocycles.